The third kappa shape index (κ3) is 2.25. The van der Waals surface area contributed by atoms with Gasteiger partial charge in [-0.3, -0.25) is 14.7 Å². The summed E-state index contributed by atoms with van der Waals surface area (Å²) in [5.41, 5.74) is 2.38. The van der Waals surface area contributed by atoms with E-state index >= 15 is 0 Å². The number of anilines is 1. The summed E-state index contributed by atoms with van der Waals surface area (Å²) in [4.78, 5) is 18.5. The number of pyridine rings is 1. The quantitative estimate of drug-likeness (QED) is 0.798. The molecule has 102 valence electrons. The molecule has 4 heteroatoms. The molecule has 0 saturated heterocycles. The van der Waals surface area contributed by atoms with E-state index in [-0.39, 0.29) is 12.0 Å². The van der Waals surface area contributed by atoms with Crippen molar-refractivity contribution in [2.75, 3.05) is 11.4 Å². The lowest BCUT2D eigenvalue weighted by Gasteiger charge is -2.33. The summed E-state index contributed by atoms with van der Waals surface area (Å²) in [5.74, 6) is 0.666. The summed E-state index contributed by atoms with van der Waals surface area (Å²) in [6.45, 7) is 4.50. The molecule has 1 aliphatic rings. The third-order valence-electron chi connectivity index (χ3n) is 3.30. The highest BCUT2D eigenvalue weighted by molar-refractivity contribution is 6.05. The zero-order chi connectivity index (χ0) is 14.1. The summed E-state index contributed by atoms with van der Waals surface area (Å²) < 4.78 is 5.81. The first kappa shape index (κ1) is 12.7. The first-order chi connectivity index (χ1) is 9.65. The van der Waals surface area contributed by atoms with Crippen molar-refractivity contribution in [1.82, 2.24) is 4.98 Å². The minimum atomic E-state index is -0.0918. The number of amides is 1. The van der Waals surface area contributed by atoms with Crippen LogP contribution >= 0.6 is 0 Å². The number of hydrogen-bond acceptors (Lipinski definition) is 3. The van der Waals surface area contributed by atoms with Gasteiger partial charge in [-0.05, 0) is 43.7 Å². The van der Waals surface area contributed by atoms with Crippen molar-refractivity contribution in [3.63, 3.8) is 0 Å². The number of carbonyl (C=O) groups excluding carboxylic acids is 1. The van der Waals surface area contributed by atoms with Crippen molar-refractivity contribution in [2.45, 2.75) is 20.0 Å². The molecular weight excluding hydrogens is 252 g/mol. The molecule has 0 bridgehead atoms. The Morgan fingerprint density at radius 2 is 2.20 bits per heavy atom. The van der Waals surface area contributed by atoms with E-state index in [2.05, 4.69) is 4.98 Å². The van der Waals surface area contributed by atoms with Crippen molar-refractivity contribution in [3.05, 3.63) is 53.9 Å². The van der Waals surface area contributed by atoms with Crippen LogP contribution in [0.2, 0.25) is 0 Å². The van der Waals surface area contributed by atoms with E-state index in [1.165, 1.54) is 0 Å². The lowest BCUT2D eigenvalue weighted by Crippen LogP contribution is -2.42. The SMILES string of the molecule is Cc1ccc2c(c1)O[C@H](C)CN2C(=O)c1ccccn1. The summed E-state index contributed by atoms with van der Waals surface area (Å²) >= 11 is 0. The van der Waals surface area contributed by atoms with Crippen molar-refractivity contribution in [2.24, 2.45) is 0 Å². The van der Waals surface area contributed by atoms with Gasteiger partial charge in [0.1, 0.15) is 17.5 Å². The lowest BCUT2D eigenvalue weighted by molar-refractivity contribution is 0.0956. The van der Waals surface area contributed by atoms with Gasteiger partial charge < -0.3 is 4.74 Å². The molecular formula is C16H16N2O2. The molecule has 0 radical (unpaired) electrons. The minimum absolute atomic E-state index is 0.0306. The van der Waals surface area contributed by atoms with Crippen LogP contribution in [0.4, 0.5) is 5.69 Å². The maximum absolute atomic E-state index is 12.6. The van der Waals surface area contributed by atoms with E-state index in [0.29, 0.717) is 12.2 Å². The highest BCUT2D eigenvalue weighted by Crippen LogP contribution is 2.34. The highest BCUT2D eigenvalue weighted by atomic mass is 16.5. The summed E-state index contributed by atoms with van der Waals surface area (Å²) in [7, 11) is 0. The Labute approximate surface area is 118 Å². The molecule has 2 heterocycles. The number of aromatic nitrogens is 1. The molecule has 1 aliphatic heterocycles. The van der Waals surface area contributed by atoms with Crippen LogP contribution in [0.1, 0.15) is 23.0 Å². The molecule has 0 saturated carbocycles. The Morgan fingerprint density at radius 3 is 2.95 bits per heavy atom. The van der Waals surface area contributed by atoms with Gasteiger partial charge >= 0.3 is 0 Å². The second-order valence-electron chi connectivity index (χ2n) is 5.03. The Balaban J connectivity index is 2.01. The van der Waals surface area contributed by atoms with Crippen molar-refractivity contribution in [3.8, 4) is 5.75 Å². The number of nitrogens with zero attached hydrogens (tertiary/aromatic N) is 2. The molecule has 2 aromatic rings. The number of hydrogen-bond donors (Lipinski definition) is 0. The van der Waals surface area contributed by atoms with Crippen LogP contribution < -0.4 is 9.64 Å². The van der Waals surface area contributed by atoms with Crippen LogP contribution in [0.5, 0.6) is 5.75 Å². The molecule has 0 spiro atoms. The van der Waals surface area contributed by atoms with E-state index < -0.39 is 0 Å². The summed E-state index contributed by atoms with van der Waals surface area (Å²) in [6, 6.07) is 11.2. The van der Waals surface area contributed by atoms with E-state index in [1.54, 1.807) is 23.2 Å². The topological polar surface area (TPSA) is 42.4 Å². The molecule has 4 nitrogen and oxygen atoms in total. The van der Waals surface area contributed by atoms with Crippen LogP contribution in [-0.2, 0) is 0 Å². The second kappa shape index (κ2) is 4.96. The molecule has 1 aromatic heterocycles. The van der Waals surface area contributed by atoms with Gasteiger partial charge in [-0.15, -0.1) is 0 Å². The van der Waals surface area contributed by atoms with Gasteiger partial charge in [0.25, 0.3) is 5.91 Å². The highest BCUT2D eigenvalue weighted by Gasteiger charge is 2.28. The number of benzene rings is 1. The summed E-state index contributed by atoms with van der Waals surface area (Å²) in [5, 5.41) is 0. The van der Waals surface area contributed by atoms with Gasteiger partial charge in [-0.2, -0.15) is 0 Å². The molecule has 20 heavy (non-hydrogen) atoms. The molecule has 0 fully saturated rings. The standard InChI is InChI=1S/C16H16N2O2/c1-11-6-7-14-15(9-11)20-12(2)10-18(14)16(19)13-5-3-4-8-17-13/h3-9,12H,10H2,1-2H3/t12-/m1/s1. The van der Waals surface area contributed by atoms with E-state index in [9.17, 15) is 4.79 Å². The molecule has 3 rings (SSSR count). The largest absolute Gasteiger partial charge is 0.487 e. The first-order valence-electron chi connectivity index (χ1n) is 6.65. The molecule has 1 amide bonds. The molecule has 0 aliphatic carbocycles. The van der Waals surface area contributed by atoms with Gasteiger partial charge in [0.2, 0.25) is 0 Å². The van der Waals surface area contributed by atoms with E-state index in [0.717, 1.165) is 17.0 Å². The maximum atomic E-state index is 12.6. The Morgan fingerprint density at radius 1 is 1.35 bits per heavy atom. The van der Waals surface area contributed by atoms with Crippen LogP contribution in [-0.4, -0.2) is 23.5 Å². The Kier molecular flexibility index (Phi) is 3.14. The Hall–Kier alpha value is -2.36. The first-order valence-corrected chi connectivity index (χ1v) is 6.65. The fourth-order valence-corrected chi connectivity index (χ4v) is 2.37. The molecule has 0 unspecified atom stereocenters. The van der Waals surface area contributed by atoms with Crippen molar-refractivity contribution < 1.29 is 9.53 Å². The van der Waals surface area contributed by atoms with Gasteiger partial charge in [0, 0.05) is 6.20 Å². The summed E-state index contributed by atoms with van der Waals surface area (Å²) in [6.07, 6.45) is 1.60. The maximum Gasteiger partial charge on any atom is 0.277 e. The van der Waals surface area contributed by atoms with Gasteiger partial charge in [-0.1, -0.05) is 12.1 Å². The van der Waals surface area contributed by atoms with E-state index in [4.69, 9.17) is 4.74 Å². The molecule has 0 N–H and O–H groups in total. The zero-order valence-electron chi connectivity index (χ0n) is 11.5. The van der Waals surface area contributed by atoms with Crippen molar-refractivity contribution >= 4 is 11.6 Å². The fourth-order valence-electron chi connectivity index (χ4n) is 2.37. The lowest BCUT2D eigenvalue weighted by atomic mass is 10.1. The smallest absolute Gasteiger partial charge is 0.277 e. The average Bonchev–Trinajstić information content (AvgIpc) is 2.46. The number of rotatable bonds is 1. The average molecular weight is 268 g/mol. The predicted octanol–water partition coefficient (Wildman–Crippen LogP) is 2.82. The monoisotopic (exact) mass is 268 g/mol. The normalized spacial score (nSPS) is 17.3. The van der Waals surface area contributed by atoms with Crippen LogP contribution in [0.15, 0.2) is 42.6 Å². The van der Waals surface area contributed by atoms with Crippen molar-refractivity contribution in [1.29, 1.82) is 0 Å². The molecule has 1 atom stereocenters. The fraction of sp³-hybridized carbons (Fsp3) is 0.250. The zero-order valence-corrected chi connectivity index (χ0v) is 11.5. The number of aryl methyl sites for hydroxylation is 1. The number of fused-ring (bicyclic) bond motifs is 1. The second-order valence-corrected chi connectivity index (χ2v) is 5.03. The Bertz CT molecular complexity index is 640. The third-order valence-corrected chi connectivity index (χ3v) is 3.30. The molecule has 1 aromatic carbocycles. The van der Waals surface area contributed by atoms with Crippen LogP contribution in [0, 0.1) is 6.92 Å². The number of carbonyl (C=O) groups is 1. The van der Waals surface area contributed by atoms with Crippen LogP contribution in [0.25, 0.3) is 0 Å². The predicted molar refractivity (Wildman–Crippen MR) is 77.2 cm³/mol. The minimum Gasteiger partial charge on any atom is -0.487 e. The van der Waals surface area contributed by atoms with Gasteiger partial charge in [-0.25, -0.2) is 0 Å². The van der Waals surface area contributed by atoms with Gasteiger partial charge in [0.15, 0.2) is 0 Å². The van der Waals surface area contributed by atoms with Gasteiger partial charge in [0.05, 0.1) is 12.2 Å². The number of ether oxygens (including phenoxy) is 1. The van der Waals surface area contributed by atoms with Crippen LogP contribution in [0.3, 0.4) is 0 Å². The van der Waals surface area contributed by atoms with E-state index in [1.807, 2.05) is 38.1 Å².